The molecule has 5 heteroatoms. The molecular weight excluding hydrogens is 278 g/mol. The molecule has 0 fully saturated rings. The molecule has 0 bridgehead atoms. The Kier molecular flexibility index (Phi) is 4.91. The summed E-state index contributed by atoms with van der Waals surface area (Å²) in [6.07, 6.45) is 1.45. The number of amides is 1. The summed E-state index contributed by atoms with van der Waals surface area (Å²) in [5.41, 5.74) is 1.56. The fraction of sp³-hybridized carbons (Fsp3) is 0.176. The Balaban J connectivity index is 2.41. The average Bonchev–Trinajstić information content (AvgIpc) is 2.55. The van der Waals surface area contributed by atoms with Crippen molar-refractivity contribution in [3.8, 4) is 0 Å². The van der Waals surface area contributed by atoms with Crippen LogP contribution >= 0.6 is 0 Å². The lowest BCUT2D eigenvalue weighted by Gasteiger charge is -2.27. The van der Waals surface area contributed by atoms with Gasteiger partial charge < -0.3 is 10.0 Å². The number of rotatable bonds is 5. The lowest BCUT2D eigenvalue weighted by molar-refractivity contribution is -0.136. The van der Waals surface area contributed by atoms with Crippen molar-refractivity contribution in [1.29, 1.82) is 0 Å². The number of aliphatic hydroxyl groups is 1. The molecule has 0 aliphatic heterocycles. The highest BCUT2D eigenvalue weighted by molar-refractivity contribution is 5.90. The van der Waals surface area contributed by atoms with E-state index in [-0.39, 0.29) is 0 Å². The molecule has 0 atom stereocenters. The van der Waals surface area contributed by atoms with E-state index in [0.29, 0.717) is 11.1 Å². The van der Waals surface area contributed by atoms with Crippen molar-refractivity contribution in [3.63, 3.8) is 0 Å². The molecule has 0 heterocycles. The first-order valence-electron chi connectivity index (χ1n) is 6.88. The van der Waals surface area contributed by atoms with Crippen LogP contribution in [0.1, 0.15) is 11.1 Å². The van der Waals surface area contributed by atoms with Gasteiger partial charge in [-0.15, -0.1) is 0 Å². The van der Waals surface area contributed by atoms with Gasteiger partial charge in [0.25, 0.3) is 5.91 Å². The van der Waals surface area contributed by atoms with Crippen LogP contribution < -0.4 is 5.43 Å². The molecule has 22 heavy (non-hydrogen) atoms. The molecule has 0 saturated heterocycles. The Morgan fingerprint density at radius 1 is 1.05 bits per heavy atom. The third kappa shape index (κ3) is 3.32. The van der Waals surface area contributed by atoms with Crippen molar-refractivity contribution >= 4 is 12.2 Å². The van der Waals surface area contributed by atoms with Gasteiger partial charge in [-0.2, -0.15) is 5.10 Å². The fourth-order valence-electron chi connectivity index (χ4n) is 2.07. The second kappa shape index (κ2) is 6.87. The van der Waals surface area contributed by atoms with Crippen LogP contribution in [-0.4, -0.2) is 36.3 Å². The molecule has 5 nitrogen and oxygen atoms in total. The number of carbonyl (C=O) groups excluding carboxylic acids is 1. The minimum Gasteiger partial charge on any atom is -0.372 e. The summed E-state index contributed by atoms with van der Waals surface area (Å²) in [4.78, 5) is 14.2. The third-order valence-corrected chi connectivity index (χ3v) is 3.17. The van der Waals surface area contributed by atoms with Crippen molar-refractivity contribution in [2.24, 2.45) is 5.10 Å². The van der Waals surface area contributed by atoms with E-state index in [9.17, 15) is 9.90 Å². The first-order chi connectivity index (χ1) is 10.5. The van der Waals surface area contributed by atoms with Crippen molar-refractivity contribution in [2.45, 2.75) is 5.60 Å². The molecule has 2 aromatic rings. The summed E-state index contributed by atoms with van der Waals surface area (Å²) in [5, 5.41) is 14.9. The smallest absolute Gasteiger partial charge is 0.281 e. The highest BCUT2D eigenvalue weighted by Gasteiger charge is 2.39. The zero-order chi connectivity index (χ0) is 16.0. The Bertz CT molecular complexity index is 600. The minimum absolute atomic E-state index is 0.485. The Hall–Kier alpha value is -2.66. The van der Waals surface area contributed by atoms with Crippen molar-refractivity contribution in [1.82, 2.24) is 10.3 Å². The number of carbonyl (C=O) groups is 1. The van der Waals surface area contributed by atoms with Gasteiger partial charge >= 0.3 is 0 Å². The molecule has 0 aliphatic rings. The van der Waals surface area contributed by atoms with Crippen LogP contribution in [0.4, 0.5) is 0 Å². The second-order valence-electron chi connectivity index (χ2n) is 5.09. The van der Waals surface area contributed by atoms with Crippen molar-refractivity contribution in [3.05, 3.63) is 71.8 Å². The van der Waals surface area contributed by atoms with Gasteiger partial charge in [0, 0.05) is 14.1 Å². The second-order valence-corrected chi connectivity index (χ2v) is 5.09. The molecule has 0 aliphatic carbocycles. The summed E-state index contributed by atoms with van der Waals surface area (Å²) in [5.74, 6) is -0.608. The molecule has 2 rings (SSSR count). The van der Waals surface area contributed by atoms with Crippen LogP contribution in [0.15, 0.2) is 65.8 Å². The van der Waals surface area contributed by atoms with E-state index in [1.807, 2.05) is 12.1 Å². The van der Waals surface area contributed by atoms with Crippen molar-refractivity contribution in [2.75, 3.05) is 14.1 Å². The Morgan fingerprint density at radius 3 is 1.91 bits per heavy atom. The van der Waals surface area contributed by atoms with E-state index in [1.54, 1.807) is 67.5 Å². The van der Waals surface area contributed by atoms with Crippen LogP contribution in [0, 0.1) is 0 Å². The van der Waals surface area contributed by atoms with E-state index >= 15 is 0 Å². The zero-order valence-corrected chi connectivity index (χ0v) is 12.6. The largest absolute Gasteiger partial charge is 0.372 e. The number of nitrogens with one attached hydrogen (secondary N) is 1. The minimum atomic E-state index is -1.80. The molecule has 114 valence electrons. The molecule has 0 unspecified atom stereocenters. The number of hydrogen-bond acceptors (Lipinski definition) is 3. The van der Waals surface area contributed by atoms with Gasteiger partial charge in [0.2, 0.25) is 0 Å². The predicted octanol–water partition coefficient (Wildman–Crippen LogP) is 1.54. The van der Waals surface area contributed by atoms with Gasteiger partial charge in [-0.3, -0.25) is 4.79 Å². The number of hydrogen-bond donors (Lipinski definition) is 2. The summed E-state index contributed by atoms with van der Waals surface area (Å²) in [7, 11) is 3.58. The third-order valence-electron chi connectivity index (χ3n) is 3.17. The van der Waals surface area contributed by atoms with Crippen LogP contribution in [0.5, 0.6) is 0 Å². The number of benzene rings is 2. The summed E-state index contributed by atoms with van der Waals surface area (Å²) in [6, 6.07) is 17.6. The lowest BCUT2D eigenvalue weighted by atomic mass is 9.86. The maximum absolute atomic E-state index is 12.6. The number of nitrogens with zero attached hydrogens (tertiary/aromatic N) is 2. The molecule has 2 N–H and O–H groups in total. The van der Waals surface area contributed by atoms with Gasteiger partial charge in [0.05, 0.1) is 0 Å². The van der Waals surface area contributed by atoms with Crippen LogP contribution in [0.25, 0.3) is 0 Å². The van der Waals surface area contributed by atoms with E-state index in [0.717, 1.165) is 0 Å². The standard InChI is InChI=1S/C17H19N3O2/c1-20(2)13-18-19-16(21)17(22,14-9-5-3-6-10-14)15-11-7-4-8-12-15/h3-13,22H,1-2H3,(H,19,21). The van der Waals surface area contributed by atoms with Crippen molar-refractivity contribution < 1.29 is 9.90 Å². The average molecular weight is 297 g/mol. The maximum Gasteiger partial charge on any atom is 0.281 e. The van der Waals surface area contributed by atoms with Gasteiger partial charge in [0.15, 0.2) is 5.60 Å². The Labute approximate surface area is 129 Å². The Morgan fingerprint density at radius 2 is 1.50 bits per heavy atom. The zero-order valence-electron chi connectivity index (χ0n) is 12.6. The quantitative estimate of drug-likeness (QED) is 0.500. The summed E-state index contributed by atoms with van der Waals surface area (Å²) < 4.78 is 0. The SMILES string of the molecule is CN(C)C=NNC(=O)C(O)(c1ccccc1)c1ccccc1. The topological polar surface area (TPSA) is 64.9 Å². The van der Waals surface area contributed by atoms with Gasteiger partial charge in [0.1, 0.15) is 6.34 Å². The highest BCUT2D eigenvalue weighted by atomic mass is 16.3. The molecule has 1 amide bonds. The van der Waals surface area contributed by atoms with Gasteiger partial charge in [-0.1, -0.05) is 60.7 Å². The molecule has 0 aromatic heterocycles. The molecular formula is C17H19N3O2. The van der Waals surface area contributed by atoms with Gasteiger partial charge in [-0.25, -0.2) is 5.43 Å². The summed E-state index contributed by atoms with van der Waals surface area (Å²) in [6.45, 7) is 0. The van der Waals surface area contributed by atoms with Crippen LogP contribution in [-0.2, 0) is 10.4 Å². The highest BCUT2D eigenvalue weighted by Crippen LogP contribution is 2.29. The fourth-order valence-corrected chi connectivity index (χ4v) is 2.07. The molecule has 0 spiro atoms. The number of hydrazone groups is 1. The lowest BCUT2D eigenvalue weighted by Crippen LogP contribution is -2.43. The summed E-state index contributed by atoms with van der Waals surface area (Å²) >= 11 is 0. The van der Waals surface area contributed by atoms with E-state index in [1.165, 1.54) is 6.34 Å². The van der Waals surface area contributed by atoms with E-state index < -0.39 is 11.5 Å². The van der Waals surface area contributed by atoms with E-state index in [2.05, 4.69) is 10.5 Å². The van der Waals surface area contributed by atoms with Gasteiger partial charge in [-0.05, 0) is 11.1 Å². The maximum atomic E-state index is 12.6. The van der Waals surface area contributed by atoms with E-state index in [4.69, 9.17) is 0 Å². The molecule has 0 saturated carbocycles. The normalized spacial score (nSPS) is 11.4. The first kappa shape index (κ1) is 15.7. The first-order valence-corrected chi connectivity index (χ1v) is 6.88. The monoisotopic (exact) mass is 297 g/mol. The van der Waals surface area contributed by atoms with Crippen LogP contribution in [0.3, 0.4) is 0 Å². The molecule has 0 radical (unpaired) electrons. The predicted molar refractivity (Wildman–Crippen MR) is 86.2 cm³/mol. The van der Waals surface area contributed by atoms with Crippen LogP contribution in [0.2, 0.25) is 0 Å². The molecule has 2 aromatic carbocycles.